The topological polar surface area (TPSA) is 27.8 Å². The van der Waals surface area contributed by atoms with Crippen LogP contribution in [0.2, 0.25) is 0 Å². The molecule has 0 bridgehead atoms. The van der Waals surface area contributed by atoms with Crippen LogP contribution < -0.4 is 5.32 Å². The summed E-state index contributed by atoms with van der Waals surface area (Å²) in [6.07, 6.45) is 0. The molecule has 2 nitrogen and oxygen atoms in total. The highest BCUT2D eigenvalue weighted by Crippen LogP contribution is 2.19. The van der Waals surface area contributed by atoms with E-state index in [0.717, 1.165) is 23.1 Å². The van der Waals surface area contributed by atoms with Crippen molar-refractivity contribution in [1.29, 1.82) is 0 Å². The largest absolute Gasteiger partial charge is 0.357 e. The van der Waals surface area contributed by atoms with Gasteiger partial charge in [0.05, 0.1) is 0 Å². The molecule has 1 aliphatic rings. The van der Waals surface area contributed by atoms with Crippen LogP contribution >= 0.6 is 23.5 Å². The summed E-state index contributed by atoms with van der Waals surface area (Å²) in [5.74, 6) is 4.70. The lowest BCUT2D eigenvalue weighted by Crippen LogP contribution is -2.32. The Balaban J connectivity index is 1.64. The van der Waals surface area contributed by atoms with Gasteiger partial charge in [-0.1, -0.05) is 0 Å². The van der Waals surface area contributed by atoms with Crippen LogP contribution in [0.15, 0.2) is 24.3 Å². The van der Waals surface area contributed by atoms with Crippen LogP contribution in [0, 0.1) is 5.82 Å². The molecule has 0 radical (unpaired) electrons. The zero-order valence-corrected chi connectivity index (χ0v) is 12.2. The van der Waals surface area contributed by atoms with Crippen LogP contribution in [0.1, 0.15) is 5.69 Å². The van der Waals surface area contributed by atoms with Gasteiger partial charge in [-0.3, -0.25) is 0 Å². The summed E-state index contributed by atoms with van der Waals surface area (Å²) in [5, 5.41) is 4.53. The molecule has 2 N–H and O–H groups in total. The van der Waals surface area contributed by atoms with Crippen molar-refractivity contribution in [2.75, 3.05) is 23.0 Å². The van der Waals surface area contributed by atoms with Gasteiger partial charge >= 0.3 is 0 Å². The molecule has 1 aromatic carbocycles. The molecule has 0 aliphatic carbocycles. The van der Waals surface area contributed by atoms with Crippen molar-refractivity contribution >= 4 is 34.4 Å². The zero-order chi connectivity index (χ0) is 13.1. The van der Waals surface area contributed by atoms with Crippen LogP contribution in [0.5, 0.6) is 0 Å². The van der Waals surface area contributed by atoms with E-state index in [4.69, 9.17) is 0 Å². The molecule has 2 aromatic rings. The second kappa shape index (κ2) is 6.20. The first kappa shape index (κ1) is 13.3. The van der Waals surface area contributed by atoms with Gasteiger partial charge in [-0.15, -0.1) is 0 Å². The van der Waals surface area contributed by atoms with Gasteiger partial charge in [0.2, 0.25) is 0 Å². The molecule has 2 heterocycles. The number of thioether (sulfide) groups is 2. The second-order valence-electron chi connectivity index (χ2n) is 4.75. The van der Waals surface area contributed by atoms with Crippen LogP contribution in [0.25, 0.3) is 10.9 Å². The number of aromatic nitrogens is 1. The standard InChI is InChI=1S/C14H17FN2S2/c15-11-1-2-14-10(5-11)6-12(17-14)7-16-13-8-18-3-4-19-9-13/h1-2,5-6,13,16-17H,3-4,7-9H2. The lowest BCUT2D eigenvalue weighted by molar-refractivity contribution is 0.598. The van der Waals surface area contributed by atoms with E-state index < -0.39 is 0 Å². The van der Waals surface area contributed by atoms with E-state index in [0.29, 0.717) is 6.04 Å². The zero-order valence-electron chi connectivity index (χ0n) is 10.6. The number of nitrogens with one attached hydrogen (secondary N) is 2. The molecule has 0 atom stereocenters. The van der Waals surface area contributed by atoms with Crippen molar-refractivity contribution in [1.82, 2.24) is 10.3 Å². The Morgan fingerprint density at radius 1 is 1.21 bits per heavy atom. The summed E-state index contributed by atoms with van der Waals surface area (Å²) in [6.45, 7) is 0.822. The van der Waals surface area contributed by atoms with Gasteiger partial charge in [0, 0.05) is 52.2 Å². The highest BCUT2D eigenvalue weighted by Gasteiger charge is 2.12. The highest BCUT2D eigenvalue weighted by atomic mass is 32.2. The van der Waals surface area contributed by atoms with Crippen molar-refractivity contribution in [3.05, 3.63) is 35.8 Å². The quantitative estimate of drug-likeness (QED) is 0.910. The number of H-pyrrole nitrogens is 1. The molecule has 5 heteroatoms. The summed E-state index contributed by atoms with van der Waals surface area (Å²) in [7, 11) is 0. The fourth-order valence-corrected chi connectivity index (χ4v) is 4.71. The van der Waals surface area contributed by atoms with Crippen molar-refractivity contribution in [2.24, 2.45) is 0 Å². The summed E-state index contributed by atoms with van der Waals surface area (Å²) in [5.41, 5.74) is 2.13. The number of halogens is 1. The van der Waals surface area contributed by atoms with E-state index in [1.165, 1.54) is 29.1 Å². The lowest BCUT2D eigenvalue weighted by Gasteiger charge is -2.14. The van der Waals surface area contributed by atoms with Crippen molar-refractivity contribution in [2.45, 2.75) is 12.6 Å². The predicted molar refractivity (Wildman–Crippen MR) is 83.5 cm³/mol. The Hall–Kier alpha value is -0.650. The monoisotopic (exact) mass is 296 g/mol. The summed E-state index contributed by atoms with van der Waals surface area (Å²) >= 11 is 4.05. The van der Waals surface area contributed by atoms with E-state index in [1.807, 2.05) is 29.6 Å². The van der Waals surface area contributed by atoms with Crippen molar-refractivity contribution in [3.8, 4) is 0 Å². The van der Waals surface area contributed by atoms with Gasteiger partial charge < -0.3 is 10.3 Å². The van der Waals surface area contributed by atoms with Crippen LogP contribution in [-0.2, 0) is 6.54 Å². The average molecular weight is 296 g/mol. The SMILES string of the molecule is Fc1ccc2[nH]c(CNC3CSCCSC3)cc2c1. The van der Waals surface area contributed by atoms with Gasteiger partial charge in [-0.2, -0.15) is 23.5 Å². The molecule has 1 aliphatic heterocycles. The molecule has 0 saturated carbocycles. The van der Waals surface area contributed by atoms with Gasteiger partial charge in [0.1, 0.15) is 5.82 Å². The maximum absolute atomic E-state index is 13.1. The predicted octanol–water partition coefficient (Wildman–Crippen LogP) is 3.25. The fraction of sp³-hybridized carbons (Fsp3) is 0.429. The maximum atomic E-state index is 13.1. The van der Waals surface area contributed by atoms with Gasteiger partial charge in [0.25, 0.3) is 0 Å². The molecular formula is C14H17FN2S2. The minimum Gasteiger partial charge on any atom is -0.357 e. The van der Waals surface area contributed by atoms with Crippen molar-refractivity contribution in [3.63, 3.8) is 0 Å². The fourth-order valence-electron chi connectivity index (χ4n) is 2.25. The molecular weight excluding hydrogens is 279 g/mol. The Labute approximate surface area is 120 Å². The van der Waals surface area contributed by atoms with Gasteiger partial charge in [0.15, 0.2) is 0 Å². The Bertz CT molecular complexity index is 547. The van der Waals surface area contributed by atoms with Crippen molar-refractivity contribution < 1.29 is 4.39 Å². The third kappa shape index (κ3) is 3.46. The van der Waals surface area contributed by atoms with E-state index in [2.05, 4.69) is 10.3 Å². The molecule has 19 heavy (non-hydrogen) atoms. The van der Waals surface area contributed by atoms with Gasteiger partial charge in [-0.25, -0.2) is 4.39 Å². The molecule has 1 fully saturated rings. The van der Waals surface area contributed by atoms with E-state index >= 15 is 0 Å². The summed E-state index contributed by atoms with van der Waals surface area (Å²) in [4.78, 5) is 3.34. The number of hydrogen-bond donors (Lipinski definition) is 2. The minimum atomic E-state index is -0.178. The first-order valence-corrected chi connectivity index (χ1v) is 8.78. The van der Waals surface area contributed by atoms with E-state index in [9.17, 15) is 4.39 Å². The first-order valence-electron chi connectivity index (χ1n) is 6.47. The molecule has 102 valence electrons. The molecule has 0 spiro atoms. The van der Waals surface area contributed by atoms with E-state index in [-0.39, 0.29) is 5.82 Å². The molecule has 1 aromatic heterocycles. The van der Waals surface area contributed by atoms with E-state index in [1.54, 1.807) is 12.1 Å². The Kier molecular flexibility index (Phi) is 4.35. The summed E-state index contributed by atoms with van der Waals surface area (Å²) < 4.78 is 13.1. The Morgan fingerprint density at radius 3 is 2.79 bits per heavy atom. The number of hydrogen-bond acceptors (Lipinski definition) is 3. The van der Waals surface area contributed by atoms with Gasteiger partial charge in [-0.05, 0) is 24.3 Å². The second-order valence-corrected chi connectivity index (χ2v) is 7.05. The number of rotatable bonds is 3. The molecule has 0 amide bonds. The van der Waals surface area contributed by atoms with Crippen LogP contribution in [0.3, 0.4) is 0 Å². The minimum absolute atomic E-state index is 0.178. The third-order valence-corrected chi connectivity index (χ3v) is 5.75. The summed E-state index contributed by atoms with van der Waals surface area (Å²) in [6, 6.07) is 7.47. The number of fused-ring (bicyclic) bond motifs is 1. The third-order valence-electron chi connectivity index (χ3n) is 3.23. The molecule has 0 unspecified atom stereocenters. The average Bonchev–Trinajstić information content (AvgIpc) is 2.63. The lowest BCUT2D eigenvalue weighted by atomic mass is 10.2. The smallest absolute Gasteiger partial charge is 0.123 e. The Morgan fingerprint density at radius 2 is 2.00 bits per heavy atom. The first-order chi connectivity index (χ1) is 9.31. The maximum Gasteiger partial charge on any atom is 0.123 e. The van der Waals surface area contributed by atoms with Crippen LogP contribution in [-0.4, -0.2) is 34.0 Å². The number of aromatic amines is 1. The molecule has 3 rings (SSSR count). The number of benzene rings is 1. The van der Waals surface area contributed by atoms with Crippen LogP contribution in [0.4, 0.5) is 4.39 Å². The highest BCUT2D eigenvalue weighted by molar-refractivity contribution is 8.03. The molecule has 1 saturated heterocycles. The normalized spacial score (nSPS) is 17.7.